The summed E-state index contributed by atoms with van der Waals surface area (Å²) in [6, 6.07) is 12.4. The average molecular weight is 558 g/mol. The molecular formula is C37H43N5. The Morgan fingerprint density at radius 3 is 2.57 bits per heavy atom. The number of nitrogens with two attached hydrogens (primary N) is 1. The third-order valence-electron chi connectivity index (χ3n) is 6.78. The van der Waals surface area contributed by atoms with E-state index in [0.29, 0.717) is 23.8 Å². The second-order valence-electron chi connectivity index (χ2n) is 9.56. The fourth-order valence-corrected chi connectivity index (χ4v) is 4.62. The lowest BCUT2D eigenvalue weighted by molar-refractivity contribution is 0.747. The van der Waals surface area contributed by atoms with Gasteiger partial charge in [-0.15, -0.1) is 0 Å². The lowest BCUT2D eigenvalue weighted by atomic mass is 9.99. The minimum absolute atomic E-state index is 0.403. The molecular weight excluding hydrogens is 514 g/mol. The Hall–Kier alpha value is -4.74. The summed E-state index contributed by atoms with van der Waals surface area (Å²) >= 11 is 0. The molecule has 0 aliphatic heterocycles. The number of aromatic nitrogens is 3. The summed E-state index contributed by atoms with van der Waals surface area (Å²) in [6.07, 6.45) is 19.0. The highest BCUT2D eigenvalue weighted by Gasteiger charge is 2.18. The number of aryl methyl sites for hydroxylation is 1. The maximum Gasteiger partial charge on any atom is 0.138 e. The van der Waals surface area contributed by atoms with E-state index < -0.39 is 0 Å². The van der Waals surface area contributed by atoms with Gasteiger partial charge < -0.3 is 16.0 Å². The summed E-state index contributed by atoms with van der Waals surface area (Å²) in [5, 5.41) is 3.49. The third-order valence-corrected chi connectivity index (χ3v) is 6.78. The quantitative estimate of drug-likeness (QED) is 0.195. The van der Waals surface area contributed by atoms with Crippen molar-refractivity contribution in [1.82, 2.24) is 20.3 Å². The van der Waals surface area contributed by atoms with E-state index >= 15 is 0 Å². The number of anilines is 1. The Balaban J connectivity index is 0.00000237. The van der Waals surface area contributed by atoms with E-state index in [2.05, 4.69) is 77.5 Å². The molecule has 5 heteroatoms. The van der Waals surface area contributed by atoms with Crippen LogP contribution >= 0.6 is 0 Å². The number of benzene rings is 1. The number of hydrogen-bond donors (Lipinski definition) is 3. The highest BCUT2D eigenvalue weighted by Crippen LogP contribution is 2.32. The zero-order valence-corrected chi connectivity index (χ0v) is 25.4. The molecule has 1 aliphatic rings. The van der Waals surface area contributed by atoms with Gasteiger partial charge >= 0.3 is 0 Å². The highest BCUT2D eigenvalue weighted by molar-refractivity contribution is 5.87. The number of allylic oxidation sites excluding steroid dienone is 10. The molecule has 5 nitrogen and oxygen atoms in total. The lowest BCUT2D eigenvalue weighted by Gasteiger charge is -2.11. The van der Waals surface area contributed by atoms with Crippen molar-refractivity contribution in [3.05, 3.63) is 156 Å². The number of H-pyrrole nitrogens is 1. The van der Waals surface area contributed by atoms with E-state index in [9.17, 15) is 0 Å². The molecule has 4 N–H and O–H groups in total. The topological polar surface area (TPSA) is 79.6 Å². The summed E-state index contributed by atoms with van der Waals surface area (Å²) in [4.78, 5) is 12.8. The summed E-state index contributed by atoms with van der Waals surface area (Å²) in [5.41, 5.74) is 16.0. The van der Waals surface area contributed by atoms with Gasteiger partial charge in [-0.2, -0.15) is 0 Å². The maximum absolute atomic E-state index is 6.35. The first-order chi connectivity index (χ1) is 20.4. The largest absolute Gasteiger partial charge is 0.383 e. The minimum Gasteiger partial charge on any atom is -0.383 e. The second kappa shape index (κ2) is 15.9. The van der Waals surface area contributed by atoms with Crippen molar-refractivity contribution >= 4 is 22.5 Å². The summed E-state index contributed by atoms with van der Waals surface area (Å²) in [7, 11) is 0. The molecule has 0 atom stereocenters. The Kier molecular flexibility index (Phi) is 12.0. The van der Waals surface area contributed by atoms with Crippen LogP contribution in [0.2, 0.25) is 0 Å². The van der Waals surface area contributed by atoms with Gasteiger partial charge in [-0.05, 0) is 48.6 Å². The molecule has 0 radical (unpaired) electrons. The number of nitrogens with zero attached hydrogens (tertiary/aromatic N) is 2. The van der Waals surface area contributed by atoms with Crippen LogP contribution in [0.5, 0.6) is 0 Å². The van der Waals surface area contributed by atoms with Gasteiger partial charge in [0.2, 0.25) is 0 Å². The predicted molar refractivity (Wildman–Crippen MR) is 182 cm³/mol. The van der Waals surface area contributed by atoms with Crippen molar-refractivity contribution in [2.45, 2.75) is 40.7 Å². The van der Waals surface area contributed by atoms with Crippen molar-refractivity contribution < 1.29 is 0 Å². The Morgan fingerprint density at radius 2 is 1.93 bits per heavy atom. The number of nitrogens with one attached hydrogen (secondary N) is 2. The van der Waals surface area contributed by atoms with Gasteiger partial charge in [0.25, 0.3) is 0 Å². The molecule has 1 aromatic carbocycles. The number of aromatic amines is 1. The highest BCUT2D eigenvalue weighted by atomic mass is 14.9. The van der Waals surface area contributed by atoms with Gasteiger partial charge in [0.1, 0.15) is 11.6 Å². The molecule has 0 saturated heterocycles. The van der Waals surface area contributed by atoms with Crippen molar-refractivity contribution in [3.8, 4) is 0 Å². The zero-order valence-electron chi connectivity index (χ0n) is 25.4. The average Bonchev–Trinajstić information content (AvgIpc) is 3.70. The molecule has 0 unspecified atom stereocenters. The van der Waals surface area contributed by atoms with Crippen LogP contribution in [0.15, 0.2) is 122 Å². The number of pyridine rings is 1. The molecule has 2 aromatic heterocycles. The normalized spacial score (nSPS) is 13.3. The fraction of sp³-hybridized carbons (Fsp3) is 0.189. The van der Waals surface area contributed by atoms with Crippen LogP contribution in [0.25, 0.3) is 16.7 Å². The molecule has 4 rings (SSSR count). The first kappa shape index (κ1) is 31.8. The minimum atomic E-state index is 0.403. The van der Waals surface area contributed by atoms with E-state index in [1.807, 2.05) is 64.1 Å². The standard InChI is InChI=1S/C35H37N5.C2H6/c1-6-14-31(29-17-12-13-18-29)33-25(5)39-35(40-33)24(4)32-20-30(23-38-34(32)36)28(8-3)19-26(7-2)21-37-22-27-15-10-9-11-16-27;1-2/h6-12,14-20,23,37H,1-2,4,13,21-22H2,3,5H3,(H2,36,38)(H,39,40);1-2H3/b26-19+,28-8+,31-14-;. The Labute approximate surface area is 251 Å². The molecule has 1 aliphatic carbocycles. The van der Waals surface area contributed by atoms with Gasteiger partial charge in [0.15, 0.2) is 0 Å². The first-order valence-electron chi connectivity index (χ1n) is 14.4. The van der Waals surface area contributed by atoms with E-state index in [-0.39, 0.29) is 0 Å². The third kappa shape index (κ3) is 7.93. The van der Waals surface area contributed by atoms with Crippen LogP contribution in [0.1, 0.15) is 61.1 Å². The maximum atomic E-state index is 6.35. The van der Waals surface area contributed by atoms with Gasteiger partial charge in [0.05, 0.1) is 5.69 Å². The van der Waals surface area contributed by atoms with Crippen LogP contribution in [0.4, 0.5) is 5.82 Å². The lowest BCUT2D eigenvalue weighted by Crippen LogP contribution is -2.16. The SMILES string of the molecule is C=C/C=C(/C1=CCC=C1)c1nc(C(=C)c2cc(C(/C=C(\C=C)CNCc3ccccc3)=C/C)cnc2N)[nH]c1C.CC. The number of imidazole rings is 1. The van der Waals surface area contributed by atoms with E-state index in [0.717, 1.165) is 57.8 Å². The fourth-order valence-electron chi connectivity index (χ4n) is 4.62. The van der Waals surface area contributed by atoms with Crippen molar-refractivity contribution in [1.29, 1.82) is 0 Å². The Bertz CT molecular complexity index is 1560. The van der Waals surface area contributed by atoms with Crippen LogP contribution < -0.4 is 11.1 Å². The molecule has 0 fully saturated rings. The van der Waals surface area contributed by atoms with Crippen molar-refractivity contribution in [2.24, 2.45) is 0 Å². The summed E-state index contributed by atoms with van der Waals surface area (Å²) in [6.45, 7) is 21.8. The van der Waals surface area contributed by atoms with Crippen molar-refractivity contribution in [3.63, 3.8) is 0 Å². The molecule has 0 spiro atoms. The predicted octanol–water partition coefficient (Wildman–Crippen LogP) is 8.54. The van der Waals surface area contributed by atoms with Crippen LogP contribution in [0.3, 0.4) is 0 Å². The van der Waals surface area contributed by atoms with Crippen LogP contribution in [-0.4, -0.2) is 21.5 Å². The van der Waals surface area contributed by atoms with E-state index in [1.54, 1.807) is 12.3 Å². The van der Waals surface area contributed by atoms with E-state index in [1.165, 1.54) is 5.56 Å². The molecule has 2 heterocycles. The molecule has 0 saturated carbocycles. The second-order valence-corrected chi connectivity index (χ2v) is 9.56. The molecule has 0 bridgehead atoms. The molecule has 42 heavy (non-hydrogen) atoms. The van der Waals surface area contributed by atoms with Gasteiger partial charge in [-0.25, -0.2) is 9.97 Å². The smallest absolute Gasteiger partial charge is 0.138 e. The first-order valence-corrected chi connectivity index (χ1v) is 14.4. The number of nitrogen functional groups attached to an aromatic ring is 1. The van der Waals surface area contributed by atoms with Crippen molar-refractivity contribution in [2.75, 3.05) is 12.3 Å². The van der Waals surface area contributed by atoms with Gasteiger partial charge in [0, 0.05) is 47.3 Å². The van der Waals surface area contributed by atoms with Gasteiger partial charge in [-0.3, -0.25) is 0 Å². The zero-order chi connectivity index (χ0) is 30.5. The van der Waals surface area contributed by atoms with Gasteiger partial charge in [-0.1, -0.05) is 113 Å². The molecule has 3 aromatic rings. The van der Waals surface area contributed by atoms with Crippen LogP contribution in [-0.2, 0) is 6.54 Å². The number of hydrogen-bond acceptors (Lipinski definition) is 4. The van der Waals surface area contributed by atoms with Crippen LogP contribution in [0, 0.1) is 6.92 Å². The molecule has 216 valence electrons. The monoisotopic (exact) mass is 557 g/mol. The number of rotatable bonds is 12. The molecule has 0 amide bonds. The van der Waals surface area contributed by atoms with E-state index in [4.69, 9.17) is 10.7 Å². The summed E-state index contributed by atoms with van der Waals surface area (Å²) < 4.78 is 0. The Morgan fingerprint density at radius 1 is 1.17 bits per heavy atom. The summed E-state index contributed by atoms with van der Waals surface area (Å²) in [5.74, 6) is 1.06.